The van der Waals surface area contributed by atoms with E-state index in [9.17, 15) is 9.59 Å². The quantitative estimate of drug-likeness (QED) is 0.854. The highest BCUT2D eigenvalue weighted by atomic mass is 35.5. The Morgan fingerprint density at radius 1 is 1.09 bits per heavy atom. The lowest BCUT2D eigenvalue weighted by atomic mass is 10.2. The van der Waals surface area contributed by atoms with E-state index in [1.165, 1.54) is 6.92 Å². The second kappa shape index (κ2) is 8.19. The fraction of sp³-hybridized carbons (Fsp3) is 0.176. The average Bonchev–Trinajstić information content (AvgIpc) is 2.53. The lowest BCUT2D eigenvalue weighted by Crippen LogP contribution is -2.28. The smallest absolute Gasteiger partial charge is 0.258 e. The van der Waals surface area contributed by atoms with Crippen molar-refractivity contribution < 1.29 is 14.3 Å². The van der Waals surface area contributed by atoms with Gasteiger partial charge in [0.25, 0.3) is 5.91 Å². The first-order valence-electron chi connectivity index (χ1n) is 7.05. The van der Waals surface area contributed by atoms with Crippen molar-refractivity contribution in [3.63, 3.8) is 0 Å². The van der Waals surface area contributed by atoms with Gasteiger partial charge >= 0.3 is 0 Å². The van der Waals surface area contributed by atoms with Gasteiger partial charge in [0.15, 0.2) is 6.61 Å². The molecule has 0 radical (unpaired) electrons. The Kier molecular flexibility index (Phi) is 6.00. The Bertz CT molecular complexity index is 686. The van der Waals surface area contributed by atoms with Crippen LogP contribution >= 0.6 is 11.6 Å². The summed E-state index contributed by atoms with van der Waals surface area (Å²) in [7, 11) is 0. The number of carbonyl (C=O) groups is 2. The number of amides is 2. The minimum Gasteiger partial charge on any atom is -0.484 e. The maximum absolute atomic E-state index is 11.8. The molecule has 2 aromatic carbocycles. The molecule has 2 amide bonds. The van der Waals surface area contributed by atoms with Crippen LogP contribution in [0.4, 0.5) is 5.69 Å². The molecule has 120 valence electrons. The predicted molar refractivity (Wildman–Crippen MR) is 89.5 cm³/mol. The Balaban J connectivity index is 1.78. The molecule has 0 spiro atoms. The molecule has 0 aromatic heterocycles. The molecule has 2 N–H and O–H groups in total. The second-order valence-electron chi connectivity index (χ2n) is 4.86. The van der Waals surface area contributed by atoms with Gasteiger partial charge in [-0.05, 0) is 35.9 Å². The topological polar surface area (TPSA) is 67.4 Å². The molecule has 0 aliphatic carbocycles. The third-order valence-corrected chi connectivity index (χ3v) is 3.35. The van der Waals surface area contributed by atoms with Crippen molar-refractivity contribution in [2.45, 2.75) is 13.5 Å². The normalized spacial score (nSPS) is 10.0. The molecular formula is C17H17ClN2O3. The van der Waals surface area contributed by atoms with E-state index in [4.69, 9.17) is 16.3 Å². The Labute approximate surface area is 139 Å². The first-order chi connectivity index (χ1) is 11.0. The fourth-order valence-electron chi connectivity index (χ4n) is 1.87. The van der Waals surface area contributed by atoms with E-state index < -0.39 is 0 Å². The molecule has 0 fully saturated rings. The predicted octanol–water partition coefficient (Wildman–Crippen LogP) is 2.99. The van der Waals surface area contributed by atoms with E-state index >= 15 is 0 Å². The Hall–Kier alpha value is -2.53. The van der Waals surface area contributed by atoms with Crippen LogP contribution in [-0.2, 0) is 16.1 Å². The van der Waals surface area contributed by atoms with E-state index in [1.807, 2.05) is 18.2 Å². The SMILES string of the molecule is CC(=O)Nc1ccc(OCC(=O)NCc2ccccc2Cl)cc1. The number of nitrogens with one attached hydrogen (secondary N) is 2. The third kappa shape index (κ3) is 5.64. The van der Waals surface area contributed by atoms with Crippen LogP contribution in [0.15, 0.2) is 48.5 Å². The molecular weight excluding hydrogens is 316 g/mol. The van der Waals surface area contributed by atoms with Gasteiger partial charge in [-0.2, -0.15) is 0 Å². The van der Waals surface area contributed by atoms with Crippen molar-refractivity contribution in [1.29, 1.82) is 0 Å². The Morgan fingerprint density at radius 2 is 1.78 bits per heavy atom. The van der Waals surface area contributed by atoms with Gasteiger partial charge in [0.2, 0.25) is 5.91 Å². The van der Waals surface area contributed by atoms with Gasteiger partial charge in [-0.1, -0.05) is 29.8 Å². The van der Waals surface area contributed by atoms with Crippen LogP contribution in [0.3, 0.4) is 0 Å². The number of ether oxygens (including phenoxy) is 1. The second-order valence-corrected chi connectivity index (χ2v) is 5.27. The molecule has 0 saturated carbocycles. The highest BCUT2D eigenvalue weighted by Gasteiger charge is 2.05. The minimum atomic E-state index is -0.240. The average molecular weight is 333 g/mol. The van der Waals surface area contributed by atoms with Crippen molar-refractivity contribution in [3.05, 3.63) is 59.1 Å². The van der Waals surface area contributed by atoms with Crippen molar-refractivity contribution in [1.82, 2.24) is 5.32 Å². The molecule has 2 rings (SSSR count). The van der Waals surface area contributed by atoms with E-state index in [2.05, 4.69) is 10.6 Å². The zero-order valence-corrected chi connectivity index (χ0v) is 13.4. The number of hydrogen-bond donors (Lipinski definition) is 2. The third-order valence-electron chi connectivity index (χ3n) is 2.98. The lowest BCUT2D eigenvalue weighted by molar-refractivity contribution is -0.123. The van der Waals surface area contributed by atoms with Crippen LogP contribution < -0.4 is 15.4 Å². The summed E-state index contributed by atoms with van der Waals surface area (Å²) in [6.45, 7) is 1.70. The maximum atomic E-state index is 11.8. The molecule has 0 bridgehead atoms. The number of anilines is 1. The summed E-state index contributed by atoms with van der Waals surface area (Å²) < 4.78 is 5.39. The monoisotopic (exact) mass is 332 g/mol. The number of carbonyl (C=O) groups excluding carboxylic acids is 2. The van der Waals surface area contributed by atoms with Crippen LogP contribution in [0.25, 0.3) is 0 Å². The first-order valence-corrected chi connectivity index (χ1v) is 7.43. The Morgan fingerprint density at radius 3 is 2.43 bits per heavy atom. The summed E-state index contributed by atoms with van der Waals surface area (Å²) in [5, 5.41) is 6.01. The van der Waals surface area contributed by atoms with Gasteiger partial charge in [-0.3, -0.25) is 9.59 Å². The standard InChI is InChI=1S/C17H17ClN2O3/c1-12(21)20-14-6-8-15(9-7-14)23-11-17(22)19-10-13-4-2-3-5-16(13)18/h2-9H,10-11H2,1H3,(H,19,22)(H,20,21). The molecule has 0 saturated heterocycles. The molecule has 0 unspecified atom stereocenters. The number of hydrogen-bond acceptors (Lipinski definition) is 3. The zero-order valence-electron chi connectivity index (χ0n) is 12.6. The number of halogens is 1. The van der Waals surface area contributed by atoms with Crippen molar-refractivity contribution >= 4 is 29.1 Å². The summed E-state index contributed by atoms with van der Waals surface area (Å²) in [6, 6.07) is 14.1. The van der Waals surface area contributed by atoms with Crippen LogP contribution in [-0.4, -0.2) is 18.4 Å². The number of rotatable bonds is 6. The minimum absolute atomic E-state index is 0.0933. The van der Waals surface area contributed by atoms with Gasteiger partial charge < -0.3 is 15.4 Å². The first kappa shape index (κ1) is 16.8. The van der Waals surface area contributed by atoms with E-state index in [0.717, 1.165) is 5.56 Å². The molecule has 2 aromatic rings. The van der Waals surface area contributed by atoms with Crippen LogP contribution in [0, 0.1) is 0 Å². The van der Waals surface area contributed by atoms with E-state index in [-0.39, 0.29) is 18.4 Å². The molecule has 6 heteroatoms. The summed E-state index contributed by atoms with van der Waals surface area (Å²) in [6.07, 6.45) is 0. The molecule has 0 atom stereocenters. The van der Waals surface area contributed by atoms with Gasteiger partial charge in [0.1, 0.15) is 5.75 Å². The lowest BCUT2D eigenvalue weighted by Gasteiger charge is -2.09. The van der Waals surface area contributed by atoms with Gasteiger partial charge in [0.05, 0.1) is 0 Å². The molecule has 5 nitrogen and oxygen atoms in total. The molecule has 0 heterocycles. The van der Waals surface area contributed by atoms with E-state index in [0.29, 0.717) is 23.0 Å². The van der Waals surface area contributed by atoms with Gasteiger partial charge in [-0.15, -0.1) is 0 Å². The van der Waals surface area contributed by atoms with Crippen LogP contribution in [0.2, 0.25) is 5.02 Å². The summed E-state index contributed by atoms with van der Waals surface area (Å²) in [4.78, 5) is 22.7. The molecule has 0 aliphatic rings. The maximum Gasteiger partial charge on any atom is 0.258 e. The number of benzene rings is 2. The van der Waals surface area contributed by atoms with Crippen LogP contribution in [0.1, 0.15) is 12.5 Å². The van der Waals surface area contributed by atoms with E-state index in [1.54, 1.807) is 30.3 Å². The zero-order chi connectivity index (χ0) is 16.7. The summed E-state index contributed by atoms with van der Waals surface area (Å²) >= 11 is 6.02. The van der Waals surface area contributed by atoms with Crippen molar-refractivity contribution in [2.75, 3.05) is 11.9 Å². The largest absolute Gasteiger partial charge is 0.484 e. The molecule has 23 heavy (non-hydrogen) atoms. The highest BCUT2D eigenvalue weighted by Crippen LogP contribution is 2.16. The van der Waals surface area contributed by atoms with Crippen LogP contribution in [0.5, 0.6) is 5.75 Å². The van der Waals surface area contributed by atoms with Gasteiger partial charge in [0, 0.05) is 24.2 Å². The fourth-order valence-corrected chi connectivity index (χ4v) is 2.08. The highest BCUT2D eigenvalue weighted by molar-refractivity contribution is 6.31. The van der Waals surface area contributed by atoms with Crippen molar-refractivity contribution in [3.8, 4) is 5.75 Å². The summed E-state index contributed by atoms with van der Waals surface area (Å²) in [5.41, 5.74) is 1.52. The summed E-state index contributed by atoms with van der Waals surface area (Å²) in [5.74, 6) is 0.167. The van der Waals surface area contributed by atoms with Gasteiger partial charge in [-0.25, -0.2) is 0 Å². The van der Waals surface area contributed by atoms with Crippen molar-refractivity contribution in [2.24, 2.45) is 0 Å². The molecule has 0 aliphatic heterocycles.